The summed E-state index contributed by atoms with van der Waals surface area (Å²) in [6, 6.07) is 8.21. The van der Waals surface area contributed by atoms with Gasteiger partial charge in [0.2, 0.25) is 0 Å². The van der Waals surface area contributed by atoms with Gasteiger partial charge in [-0.3, -0.25) is 0 Å². The number of allylic oxidation sites excluding steroid dienone is 1. The number of benzene rings is 1. The topological polar surface area (TPSA) is 43.1 Å². The van der Waals surface area contributed by atoms with E-state index in [9.17, 15) is 5.11 Å². The van der Waals surface area contributed by atoms with Crippen molar-refractivity contribution in [2.45, 2.75) is 45.2 Å². The Bertz CT molecular complexity index is 481. The normalized spacial score (nSPS) is 26.0. The van der Waals surface area contributed by atoms with Crippen LogP contribution in [-0.4, -0.2) is 49.7 Å². The summed E-state index contributed by atoms with van der Waals surface area (Å²) in [6.45, 7) is 11.5. The van der Waals surface area contributed by atoms with E-state index in [4.69, 9.17) is 9.47 Å². The molecule has 1 fully saturated rings. The molecule has 0 aromatic heterocycles. The Morgan fingerprint density at radius 1 is 1.30 bits per heavy atom. The maximum atomic E-state index is 10.2. The second-order valence-corrected chi connectivity index (χ2v) is 6.55. The van der Waals surface area contributed by atoms with Gasteiger partial charge in [-0.1, -0.05) is 30.3 Å². The van der Waals surface area contributed by atoms with Gasteiger partial charge in [0.15, 0.2) is 0 Å². The lowest BCUT2D eigenvalue weighted by molar-refractivity contribution is -0.918. The molecule has 0 spiro atoms. The number of aliphatic hydroxyl groups is 1. The van der Waals surface area contributed by atoms with Crippen molar-refractivity contribution in [3.8, 4) is 0 Å². The Kier molecular flexibility index (Phi) is 7.24. The molecule has 4 heteroatoms. The number of hydrogen-bond acceptors (Lipinski definition) is 3. The molecule has 2 rings (SSSR count). The van der Waals surface area contributed by atoms with E-state index < -0.39 is 6.10 Å². The van der Waals surface area contributed by atoms with Gasteiger partial charge in [-0.05, 0) is 31.4 Å². The van der Waals surface area contributed by atoms with E-state index in [1.54, 1.807) is 0 Å². The Labute approximate surface area is 139 Å². The highest BCUT2D eigenvalue weighted by Crippen LogP contribution is 2.11. The lowest BCUT2D eigenvalue weighted by Gasteiger charge is -2.33. The van der Waals surface area contributed by atoms with Crippen LogP contribution in [0.4, 0.5) is 0 Å². The van der Waals surface area contributed by atoms with Crippen LogP contribution in [0.15, 0.2) is 36.9 Å². The van der Waals surface area contributed by atoms with Gasteiger partial charge in [-0.15, -0.1) is 6.58 Å². The van der Waals surface area contributed by atoms with Gasteiger partial charge < -0.3 is 19.5 Å². The minimum absolute atomic E-state index is 0.257. The van der Waals surface area contributed by atoms with Gasteiger partial charge in [0.25, 0.3) is 0 Å². The summed E-state index contributed by atoms with van der Waals surface area (Å²) in [5, 5.41) is 10.2. The molecule has 1 aromatic carbocycles. The summed E-state index contributed by atoms with van der Waals surface area (Å²) in [5.41, 5.74) is 2.40. The third-order valence-electron chi connectivity index (χ3n) is 4.19. The maximum Gasteiger partial charge on any atom is 0.126 e. The van der Waals surface area contributed by atoms with Gasteiger partial charge in [-0.25, -0.2) is 0 Å². The number of rotatable bonds is 8. The third-order valence-corrected chi connectivity index (χ3v) is 4.19. The van der Waals surface area contributed by atoms with Crippen LogP contribution in [0.25, 0.3) is 0 Å². The molecule has 1 heterocycles. The molecule has 1 saturated heterocycles. The quantitative estimate of drug-likeness (QED) is 0.702. The first-order valence-electron chi connectivity index (χ1n) is 8.51. The van der Waals surface area contributed by atoms with Gasteiger partial charge >= 0.3 is 0 Å². The van der Waals surface area contributed by atoms with E-state index >= 15 is 0 Å². The fourth-order valence-corrected chi connectivity index (χ4v) is 3.31. The lowest BCUT2D eigenvalue weighted by atomic mass is 10.1. The highest BCUT2D eigenvalue weighted by Gasteiger charge is 2.27. The van der Waals surface area contributed by atoms with E-state index in [0.717, 1.165) is 19.5 Å². The van der Waals surface area contributed by atoms with Crippen LogP contribution in [-0.2, 0) is 22.5 Å². The first-order chi connectivity index (χ1) is 11.1. The largest absolute Gasteiger partial charge is 0.385 e. The van der Waals surface area contributed by atoms with Crippen molar-refractivity contribution in [1.29, 1.82) is 0 Å². The van der Waals surface area contributed by atoms with Crippen LogP contribution >= 0.6 is 0 Å². The second kappa shape index (κ2) is 9.18. The fourth-order valence-electron chi connectivity index (χ4n) is 3.31. The number of quaternary nitrogens is 1. The van der Waals surface area contributed by atoms with Gasteiger partial charge in [0.1, 0.15) is 37.9 Å². The van der Waals surface area contributed by atoms with Crippen molar-refractivity contribution in [2.75, 3.05) is 26.2 Å². The monoisotopic (exact) mass is 320 g/mol. The maximum absolute atomic E-state index is 10.2. The SMILES string of the molecule is C=CCc1ccccc1COC[C@H](O)C[NH+]1C[C@H](C)O[C@@H](C)C1. The first-order valence-corrected chi connectivity index (χ1v) is 8.51. The highest BCUT2D eigenvalue weighted by atomic mass is 16.5. The molecule has 4 nitrogen and oxygen atoms in total. The number of aliphatic hydroxyl groups excluding tert-OH is 1. The average molecular weight is 320 g/mol. The highest BCUT2D eigenvalue weighted by molar-refractivity contribution is 5.28. The van der Waals surface area contributed by atoms with Crippen LogP contribution in [0.3, 0.4) is 0 Å². The Balaban J connectivity index is 1.74. The molecule has 1 aliphatic rings. The summed E-state index contributed by atoms with van der Waals surface area (Å²) in [5.74, 6) is 0. The lowest BCUT2D eigenvalue weighted by Crippen LogP contribution is -3.16. The number of ether oxygens (including phenoxy) is 2. The predicted octanol–water partition coefficient (Wildman–Crippen LogP) is 0.985. The van der Waals surface area contributed by atoms with Crippen LogP contribution in [0, 0.1) is 0 Å². The summed E-state index contributed by atoms with van der Waals surface area (Å²) in [7, 11) is 0. The summed E-state index contributed by atoms with van der Waals surface area (Å²) in [6.07, 6.45) is 2.82. The Morgan fingerprint density at radius 3 is 2.61 bits per heavy atom. The van der Waals surface area contributed by atoms with Crippen LogP contribution in [0.1, 0.15) is 25.0 Å². The molecule has 0 bridgehead atoms. The second-order valence-electron chi connectivity index (χ2n) is 6.55. The number of morpholine rings is 1. The average Bonchev–Trinajstić information content (AvgIpc) is 2.48. The summed E-state index contributed by atoms with van der Waals surface area (Å²) in [4.78, 5) is 1.39. The molecule has 0 saturated carbocycles. The van der Waals surface area contributed by atoms with Crippen molar-refractivity contribution in [3.63, 3.8) is 0 Å². The smallest absolute Gasteiger partial charge is 0.126 e. The molecular formula is C19H30NO3+. The van der Waals surface area contributed by atoms with Crippen molar-refractivity contribution >= 4 is 0 Å². The third kappa shape index (κ3) is 6.07. The van der Waals surface area contributed by atoms with Gasteiger partial charge in [-0.2, -0.15) is 0 Å². The number of nitrogens with one attached hydrogen (secondary N) is 1. The van der Waals surface area contributed by atoms with E-state index in [0.29, 0.717) is 19.8 Å². The molecule has 1 aliphatic heterocycles. The van der Waals surface area contributed by atoms with E-state index in [2.05, 4.69) is 32.6 Å². The zero-order valence-corrected chi connectivity index (χ0v) is 14.3. The van der Waals surface area contributed by atoms with Crippen molar-refractivity contribution < 1.29 is 19.5 Å². The van der Waals surface area contributed by atoms with Crippen LogP contribution in [0.2, 0.25) is 0 Å². The number of hydrogen-bond donors (Lipinski definition) is 2. The van der Waals surface area contributed by atoms with Crippen molar-refractivity contribution in [1.82, 2.24) is 0 Å². The molecule has 128 valence electrons. The van der Waals surface area contributed by atoms with Crippen molar-refractivity contribution in [3.05, 3.63) is 48.0 Å². The molecule has 0 unspecified atom stereocenters. The predicted molar refractivity (Wildman–Crippen MR) is 91.6 cm³/mol. The minimum Gasteiger partial charge on any atom is -0.385 e. The minimum atomic E-state index is -0.436. The first kappa shape index (κ1) is 18.1. The molecule has 23 heavy (non-hydrogen) atoms. The molecule has 0 aliphatic carbocycles. The molecule has 0 amide bonds. The standard InChI is InChI=1S/C19H29NO3/c1-4-7-17-8-5-6-9-18(17)13-22-14-19(21)12-20-10-15(2)23-16(3)11-20/h4-6,8-9,15-16,19,21H,1,7,10-14H2,2-3H3/p+1/t15-,16-,19+/m0/s1. The van der Waals surface area contributed by atoms with Crippen LogP contribution in [0.5, 0.6) is 0 Å². The molecule has 3 atom stereocenters. The molecule has 0 radical (unpaired) electrons. The summed E-state index contributed by atoms with van der Waals surface area (Å²) >= 11 is 0. The Morgan fingerprint density at radius 2 is 1.96 bits per heavy atom. The van der Waals surface area contributed by atoms with Gasteiger partial charge in [0, 0.05) is 0 Å². The van der Waals surface area contributed by atoms with Gasteiger partial charge in [0.05, 0.1) is 13.2 Å². The van der Waals surface area contributed by atoms with Crippen LogP contribution < -0.4 is 4.90 Å². The molecular weight excluding hydrogens is 290 g/mol. The van der Waals surface area contributed by atoms with E-state index in [1.165, 1.54) is 16.0 Å². The van der Waals surface area contributed by atoms with Crippen molar-refractivity contribution in [2.24, 2.45) is 0 Å². The van der Waals surface area contributed by atoms with E-state index in [-0.39, 0.29) is 12.2 Å². The molecule has 2 N–H and O–H groups in total. The zero-order valence-electron chi connectivity index (χ0n) is 14.3. The van der Waals surface area contributed by atoms with E-state index in [1.807, 2.05) is 18.2 Å². The summed E-state index contributed by atoms with van der Waals surface area (Å²) < 4.78 is 11.5. The Hall–Kier alpha value is -1.20. The fraction of sp³-hybridized carbons (Fsp3) is 0.579. The molecule has 1 aromatic rings. The zero-order chi connectivity index (χ0) is 16.7.